The number of aromatic nitrogens is 3. The maximum Gasteiger partial charge on any atom is 0.277 e. The molecule has 0 radical (unpaired) electrons. The number of hydrogen-bond donors (Lipinski definition) is 2. The lowest BCUT2D eigenvalue weighted by Gasteiger charge is -2.08. The summed E-state index contributed by atoms with van der Waals surface area (Å²) in [5.74, 6) is 1.34. The molecule has 31 heavy (non-hydrogen) atoms. The Morgan fingerprint density at radius 3 is 2.87 bits per heavy atom. The molecular formula is C21H21N5O5. The van der Waals surface area contributed by atoms with E-state index in [-0.39, 0.29) is 24.8 Å². The third kappa shape index (κ3) is 4.92. The first-order valence-electron chi connectivity index (χ1n) is 9.62. The minimum absolute atomic E-state index is 0.131. The van der Waals surface area contributed by atoms with Crippen molar-refractivity contribution in [2.45, 2.75) is 13.0 Å². The predicted octanol–water partition coefficient (Wildman–Crippen LogP) is 1.63. The average molecular weight is 423 g/mol. The molecule has 0 fully saturated rings. The summed E-state index contributed by atoms with van der Waals surface area (Å²) >= 11 is 0. The van der Waals surface area contributed by atoms with Crippen molar-refractivity contribution < 1.29 is 23.8 Å². The highest BCUT2D eigenvalue weighted by molar-refractivity contribution is 6.03. The molecule has 1 aliphatic rings. The summed E-state index contributed by atoms with van der Waals surface area (Å²) in [4.78, 5) is 24.6. The lowest BCUT2D eigenvalue weighted by molar-refractivity contribution is -0.120. The molecule has 10 heteroatoms. The van der Waals surface area contributed by atoms with Gasteiger partial charge in [0.1, 0.15) is 5.75 Å². The minimum Gasteiger partial charge on any atom is -0.495 e. The summed E-state index contributed by atoms with van der Waals surface area (Å²) in [7, 11) is 1.53. The van der Waals surface area contributed by atoms with E-state index in [0.717, 1.165) is 5.56 Å². The van der Waals surface area contributed by atoms with Crippen molar-refractivity contribution in [2.24, 2.45) is 0 Å². The Labute approximate surface area is 178 Å². The SMILES string of the molecule is COc1ccccc1NC(=O)c1cn(CCNC(=O)Cc2ccc3c(c2)OCO3)nn1. The number of nitrogens with zero attached hydrogens (tertiary/aromatic N) is 3. The first-order valence-corrected chi connectivity index (χ1v) is 9.62. The average Bonchev–Trinajstić information content (AvgIpc) is 3.43. The molecule has 1 aromatic heterocycles. The number of hydrogen-bond acceptors (Lipinski definition) is 7. The van der Waals surface area contributed by atoms with Gasteiger partial charge in [-0.2, -0.15) is 0 Å². The van der Waals surface area contributed by atoms with Crippen LogP contribution in [0.3, 0.4) is 0 Å². The van der Waals surface area contributed by atoms with Crippen LogP contribution in [0.25, 0.3) is 0 Å². The Balaban J connectivity index is 1.25. The summed E-state index contributed by atoms with van der Waals surface area (Å²) in [5, 5.41) is 13.4. The summed E-state index contributed by atoms with van der Waals surface area (Å²) in [6, 6.07) is 12.5. The number of fused-ring (bicyclic) bond motifs is 1. The highest BCUT2D eigenvalue weighted by atomic mass is 16.7. The van der Waals surface area contributed by atoms with Crippen LogP contribution in [0, 0.1) is 0 Å². The lowest BCUT2D eigenvalue weighted by atomic mass is 10.1. The van der Waals surface area contributed by atoms with E-state index in [1.165, 1.54) is 18.0 Å². The van der Waals surface area contributed by atoms with Crippen LogP contribution in [0.1, 0.15) is 16.1 Å². The third-order valence-corrected chi connectivity index (χ3v) is 4.59. The molecule has 2 amide bonds. The number of carbonyl (C=O) groups excluding carboxylic acids is 2. The van der Waals surface area contributed by atoms with Crippen LogP contribution in [0.2, 0.25) is 0 Å². The summed E-state index contributed by atoms with van der Waals surface area (Å²) in [6.07, 6.45) is 1.75. The molecule has 0 atom stereocenters. The Morgan fingerprint density at radius 2 is 2.00 bits per heavy atom. The molecule has 1 aliphatic heterocycles. The molecule has 0 bridgehead atoms. The molecule has 2 aromatic carbocycles. The van der Waals surface area contributed by atoms with E-state index in [1.807, 2.05) is 12.1 Å². The van der Waals surface area contributed by atoms with Crippen molar-refractivity contribution in [3.8, 4) is 17.2 Å². The molecule has 160 valence electrons. The van der Waals surface area contributed by atoms with Crippen LogP contribution >= 0.6 is 0 Å². The Hall–Kier alpha value is -4.08. The number of benzene rings is 2. The molecule has 0 aliphatic carbocycles. The lowest BCUT2D eigenvalue weighted by Crippen LogP contribution is -2.28. The molecule has 0 spiro atoms. The van der Waals surface area contributed by atoms with Crippen molar-refractivity contribution in [3.63, 3.8) is 0 Å². The van der Waals surface area contributed by atoms with Crippen molar-refractivity contribution >= 4 is 17.5 Å². The number of methoxy groups -OCH3 is 1. The third-order valence-electron chi connectivity index (χ3n) is 4.59. The van der Waals surface area contributed by atoms with E-state index >= 15 is 0 Å². The molecule has 0 saturated carbocycles. The van der Waals surface area contributed by atoms with Gasteiger partial charge in [-0.25, -0.2) is 4.68 Å². The zero-order valence-electron chi connectivity index (χ0n) is 16.8. The van der Waals surface area contributed by atoms with Crippen LogP contribution in [-0.2, 0) is 17.8 Å². The van der Waals surface area contributed by atoms with Crippen molar-refractivity contribution in [1.82, 2.24) is 20.3 Å². The molecule has 2 heterocycles. The summed E-state index contributed by atoms with van der Waals surface area (Å²) in [5.41, 5.74) is 1.54. The standard InChI is InChI=1S/C21H21N5O5/c1-29-17-5-3-2-4-15(17)23-21(28)16-12-26(25-24-16)9-8-22-20(27)11-14-6-7-18-19(10-14)31-13-30-18/h2-7,10,12H,8-9,11,13H2,1H3,(H,22,27)(H,23,28). The fourth-order valence-electron chi connectivity index (χ4n) is 3.05. The number of para-hydroxylation sites is 2. The number of carbonyl (C=O) groups is 2. The molecule has 10 nitrogen and oxygen atoms in total. The highest BCUT2D eigenvalue weighted by Gasteiger charge is 2.15. The Bertz CT molecular complexity index is 1100. The van der Waals surface area contributed by atoms with E-state index in [0.29, 0.717) is 36.0 Å². The number of rotatable bonds is 8. The van der Waals surface area contributed by atoms with Crippen molar-refractivity contribution in [3.05, 3.63) is 59.9 Å². The quantitative estimate of drug-likeness (QED) is 0.566. The monoisotopic (exact) mass is 423 g/mol. The van der Waals surface area contributed by atoms with Crippen LogP contribution < -0.4 is 24.8 Å². The second-order valence-corrected chi connectivity index (χ2v) is 6.74. The van der Waals surface area contributed by atoms with E-state index in [4.69, 9.17) is 14.2 Å². The summed E-state index contributed by atoms with van der Waals surface area (Å²) in [6.45, 7) is 0.921. The van der Waals surface area contributed by atoms with Gasteiger partial charge in [-0.15, -0.1) is 5.10 Å². The van der Waals surface area contributed by atoms with Gasteiger partial charge in [0.2, 0.25) is 12.7 Å². The topological polar surface area (TPSA) is 117 Å². The largest absolute Gasteiger partial charge is 0.495 e. The fraction of sp³-hybridized carbons (Fsp3) is 0.238. The molecular weight excluding hydrogens is 402 g/mol. The molecule has 3 aromatic rings. The smallest absolute Gasteiger partial charge is 0.277 e. The second kappa shape index (κ2) is 9.16. The normalized spacial score (nSPS) is 11.8. The van der Waals surface area contributed by atoms with Gasteiger partial charge in [0, 0.05) is 6.54 Å². The van der Waals surface area contributed by atoms with Crippen LogP contribution in [0.4, 0.5) is 5.69 Å². The molecule has 4 rings (SSSR count). The molecule has 0 saturated heterocycles. The fourth-order valence-corrected chi connectivity index (χ4v) is 3.05. The number of anilines is 1. The van der Waals surface area contributed by atoms with Gasteiger partial charge in [-0.3, -0.25) is 9.59 Å². The number of amides is 2. The van der Waals surface area contributed by atoms with Gasteiger partial charge in [-0.05, 0) is 29.8 Å². The van der Waals surface area contributed by atoms with E-state index < -0.39 is 5.91 Å². The first-order chi connectivity index (χ1) is 15.1. The van der Waals surface area contributed by atoms with E-state index in [1.54, 1.807) is 30.3 Å². The van der Waals surface area contributed by atoms with Crippen LogP contribution in [0.15, 0.2) is 48.7 Å². The van der Waals surface area contributed by atoms with Gasteiger partial charge >= 0.3 is 0 Å². The van der Waals surface area contributed by atoms with Crippen LogP contribution in [0.5, 0.6) is 17.2 Å². The van der Waals surface area contributed by atoms with Gasteiger partial charge in [0.15, 0.2) is 17.2 Å². The van der Waals surface area contributed by atoms with Gasteiger partial charge in [-0.1, -0.05) is 23.4 Å². The number of ether oxygens (including phenoxy) is 3. The Kier molecular flexibility index (Phi) is 5.97. The molecule has 0 unspecified atom stereocenters. The van der Waals surface area contributed by atoms with Gasteiger partial charge in [0.05, 0.1) is 32.0 Å². The number of nitrogens with one attached hydrogen (secondary N) is 2. The van der Waals surface area contributed by atoms with Crippen molar-refractivity contribution in [1.29, 1.82) is 0 Å². The van der Waals surface area contributed by atoms with Crippen LogP contribution in [-0.4, -0.2) is 47.3 Å². The van der Waals surface area contributed by atoms with E-state index in [2.05, 4.69) is 20.9 Å². The second-order valence-electron chi connectivity index (χ2n) is 6.74. The minimum atomic E-state index is -0.400. The predicted molar refractivity (Wildman–Crippen MR) is 110 cm³/mol. The Morgan fingerprint density at radius 1 is 1.16 bits per heavy atom. The maximum atomic E-state index is 12.4. The molecule has 2 N–H and O–H groups in total. The van der Waals surface area contributed by atoms with Gasteiger partial charge in [0.25, 0.3) is 5.91 Å². The van der Waals surface area contributed by atoms with Gasteiger partial charge < -0.3 is 24.8 Å². The van der Waals surface area contributed by atoms with E-state index in [9.17, 15) is 9.59 Å². The maximum absolute atomic E-state index is 12.4. The highest BCUT2D eigenvalue weighted by Crippen LogP contribution is 2.32. The van der Waals surface area contributed by atoms with Crippen molar-refractivity contribution in [2.75, 3.05) is 25.8 Å². The zero-order valence-corrected chi connectivity index (χ0v) is 16.8. The zero-order chi connectivity index (χ0) is 21.6. The summed E-state index contributed by atoms with van der Waals surface area (Å²) < 4.78 is 17.3. The first kappa shape index (κ1) is 20.2.